The number of hydrogen-bond donors (Lipinski definition) is 2. The van der Waals surface area contributed by atoms with Crippen molar-refractivity contribution in [2.45, 2.75) is 38.4 Å². The SMILES string of the molecule is C=CC(=O)Nc1cccc(-c2ccc3c(c2)[C@H]2[C@H](CCN2Cc2ccncc2)[C@@H](CC)N3)c1. The molecule has 5 rings (SSSR count). The highest BCUT2D eigenvalue weighted by Crippen LogP contribution is 2.48. The predicted molar refractivity (Wildman–Crippen MR) is 134 cm³/mol. The van der Waals surface area contributed by atoms with Crippen LogP contribution in [-0.2, 0) is 11.3 Å². The number of fused-ring (bicyclic) bond motifs is 3. The van der Waals surface area contributed by atoms with E-state index in [-0.39, 0.29) is 5.91 Å². The van der Waals surface area contributed by atoms with E-state index in [4.69, 9.17) is 0 Å². The molecule has 3 aromatic rings. The van der Waals surface area contributed by atoms with E-state index in [2.05, 4.69) is 70.4 Å². The van der Waals surface area contributed by atoms with Gasteiger partial charge < -0.3 is 10.6 Å². The van der Waals surface area contributed by atoms with Crippen LogP contribution in [-0.4, -0.2) is 28.4 Å². The van der Waals surface area contributed by atoms with Crippen LogP contribution in [0.5, 0.6) is 0 Å². The smallest absolute Gasteiger partial charge is 0.247 e. The Labute approximate surface area is 195 Å². The first kappa shape index (κ1) is 21.4. The monoisotopic (exact) mass is 438 g/mol. The van der Waals surface area contributed by atoms with Crippen LogP contribution in [0.4, 0.5) is 11.4 Å². The minimum Gasteiger partial charge on any atom is -0.382 e. The first-order chi connectivity index (χ1) is 16.2. The topological polar surface area (TPSA) is 57.3 Å². The van der Waals surface area contributed by atoms with Gasteiger partial charge in [-0.15, -0.1) is 0 Å². The van der Waals surface area contributed by atoms with Gasteiger partial charge in [-0.3, -0.25) is 14.7 Å². The zero-order valence-electron chi connectivity index (χ0n) is 19.0. The number of nitrogens with zero attached hydrogens (tertiary/aromatic N) is 2. The van der Waals surface area contributed by atoms with E-state index in [0.717, 1.165) is 36.3 Å². The summed E-state index contributed by atoms with van der Waals surface area (Å²) in [4.78, 5) is 18.6. The summed E-state index contributed by atoms with van der Waals surface area (Å²) in [6.07, 6.45) is 7.37. The second-order valence-corrected chi connectivity index (χ2v) is 8.96. The number of rotatable bonds is 6. The lowest BCUT2D eigenvalue weighted by Crippen LogP contribution is -2.38. The fourth-order valence-electron chi connectivity index (χ4n) is 5.43. The summed E-state index contributed by atoms with van der Waals surface area (Å²) in [5.41, 5.74) is 6.94. The molecule has 0 bridgehead atoms. The molecule has 0 radical (unpaired) electrons. The number of hydrogen-bond acceptors (Lipinski definition) is 4. The zero-order chi connectivity index (χ0) is 22.8. The Balaban J connectivity index is 1.50. The summed E-state index contributed by atoms with van der Waals surface area (Å²) in [5.74, 6) is 0.394. The minimum atomic E-state index is -0.201. The van der Waals surface area contributed by atoms with Gasteiger partial charge in [-0.05, 0) is 84.1 Å². The quantitative estimate of drug-likeness (QED) is 0.489. The maximum Gasteiger partial charge on any atom is 0.247 e. The molecule has 2 aliphatic rings. The largest absolute Gasteiger partial charge is 0.382 e. The van der Waals surface area contributed by atoms with E-state index >= 15 is 0 Å². The van der Waals surface area contributed by atoms with Crippen molar-refractivity contribution < 1.29 is 4.79 Å². The molecule has 2 N–H and O–H groups in total. The lowest BCUT2D eigenvalue weighted by molar-refractivity contribution is -0.111. The fraction of sp³-hybridized carbons (Fsp3) is 0.286. The third-order valence-electron chi connectivity index (χ3n) is 7.00. The average Bonchev–Trinajstić information content (AvgIpc) is 3.28. The molecule has 1 aromatic heterocycles. The molecule has 3 atom stereocenters. The lowest BCUT2D eigenvalue weighted by atomic mass is 9.81. The number of carbonyl (C=O) groups excluding carboxylic acids is 1. The third kappa shape index (κ3) is 4.29. The van der Waals surface area contributed by atoms with Gasteiger partial charge in [-0.25, -0.2) is 0 Å². The first-order valence-corrected chi connectivity index (χ1v) is 11.7. The van der Waals surface area contributed by atoms with Crippen LogP contribution >= 0.6 is 0 Å². The summed E-state index contributed by atoms with van der Waals surface area (Å²) >= 11 is 0. The fourth-order valence-corrected chi connectivity index (χ4v) is 5.43. The van der Waals surface area contributed by atoms with E-state index in [1.54, 1.807) is 0 Å². The molecule has 1 saturated heterocycles. The standard InChI is InChI=1S/C28H30N4O/c1-3-25-23-12-15-32(18-19-10-13-29-14-11-19)28(23)24-17-21(8-9-26(24)31-25)20-6-5-7-22(16-20)30-27(33)4-2/h4-11,13-14,16-17,23,25,28,31H,2-3,12,15,18H2,1H3,(H,30,33)/t23-,25-,28-/m1/s1. The molecule has 0 unspecified atom stereocenters. The van der Waals surface area contributed by atoms with E-state index < -0.39 is 0 Å². The lowest BCUT2D eigenvalue weighted by Gasteiger charge is -2.40. The van der Waals surface area contributed by atoms with Crippen molar-refractivity contribution in [3.05, 3.63) is 90.8 Å². The van der Waals surface area contributed by atoms with Crippen molar-refractivity contribution in [3.8, 4) is 11.1 Å². The molecule has 0 saturated carbocycles. The van der Waals surface area contributed by atoms with E-state index in [1.807, 2.05) is 30.6 Å². The number of nitrogens with one attached hydrogen (secondary N) is 2. The van der Waals surface area contributed by atoms with Crippen LogP contribution in [0.25, 0.3) is 11.1 Å². The molecule has 1 fully saturated rings. The molecular formula is C28H30N4O. The maximum atomic E-state index is 11.7. The normalized spacial score (nSPS) is 21.5. The van der Waals surface area contributed by atoms with Crippen molar-refractivity contribution in [2.75, 3.05) is 17.2 Å². The van der Waals surface area contributed by atoms with Crippen molar-refractivity contribution in [2.24, 2.45) is 5.92 Å². The Hall–Kier alpha value is -3.44. The summed E-state index contributed by atoms with van der Waals surface area (Å²) in [5, 5.41) is 6.69. The average molecular weight is 439 g/mol. The van der Waals surface area contributed by atoms with Crippen molar-refractivity contribution >= 4 is 17.3 Å². The number of aromatic nitrogens is 1. The predicted octanol–water partition coefficient (Wildman–Crippen LogP) is 5.64. The molecule has 5 heteroatoms. The highest BCUT2D eigenvalue weighted by Gasteiger charge is 2.43. The molecule has 3 heterocycles. The number of carbonyl (C=O) groups is 1. The maximum absolute atomic E-state index is 11.7. The Morgan fingerprint density at radius 1 is 1.18 bits per heavy atom. The Bertz CT molecular complexity index is 1160. The third-order valence-corrected chi connectivity index (χ3v) is 7.00. The van der Waals surface area contributed by atoms with Gasteiger partial charge in [0.2, 0.25) is 5.91 Å². The van der Waals surface area contributed by atoms with E-state index in [0.29, 0.717) is 18.0 Å². The van der Waals surface area contributed by atoms with E-state index in [1.165, 1.54) is 29.3 Å². The number of likely N-dealkylation sites (tertiary alicyclic amines) is 1. The van der Waals surface area contributed by atoms with Gasteiger partial charge >= 0.3 is 0 Å². The zero-order valence-corrected chi connectivity index (χ0v) is 19.0. The molecule has 5 nitrogen and oxygen atoms in total. The first-order valence-electron chi connectivity index (χ1n) is 11.7. The van der Waals surface area contributed by atoms with Crippen molar-refractivity contribution in [3.63, 3.8) is 0 Å². The minimum absolute atomic E-state index is 0.201. The van der Waals surface area contributed by atoms with Gasteiger partial charge in [0.25, 0.3) is 0 Å². The van der Waals surface area contributed by atoms with Gasteiger partial charge in [0.1, 0.15) is 0 Å². The molecular weight excluding hydrogens is 408 g/mol. The molecule has 2 aromatic carbocycles. The highest BCUT2D eigenvalue weighted by molar-refractivity contribution is 5.99. The second-order valence-electron chi connectivity index (χ2n) is 8.96. The summed E-state index contributed by atoms with van der Waals surface area (Å²) in [7, 11) is 0. The van der Waals surface area contributed by atoms with Crippen molar-refractivity contribution in [1.82, 2.24) is 9.88 Å². The van der Waals surface area contributed by atoms with Crippen LogP contribution in [0.1, 0.15) is 36.9 Å². The molecule has 1 amide bonds. The second kappa shape index (κ2) is 9.20. The van der Waals surface area contributed by atoms with Crippen LogP contribution in [0.15, 0.2) is 79.6 Å². The van der Waals surface area contributed by atoms with Crippen LogP contribution in [0.2, 0.25) is 0 Å². The summed E-state index contributed by atoms with van der Waals surface area (Å²) in [6.45, 7) is 7.86. The number of amides is 1. The Kier molecular flexibility index (Phi) is 5.97. The Morgan fingerprint density at radius 2 is 2.00 bits per heavy atom. The summed E-state index contributed by atoms with van der Waals surface area (Å²) < 4.78 is 0. The molecule has 33 heavy (non-hydrogen) atoms. The van der Waals surface area contributed by atoms with Gasteiger partial charge in [0.15, 0.2) is 0 Å². The molecule has 2 aliphatic heterocycles. The number of anilines is 2. The van der Waals surface area contributed by atoms with E-state index in [9.17, 15) is 4.79 Å². The Morgan fingerprint density at radius 3 is 2.79 bits per heavy atom. The summed E-state index contributed by atoms with van der Waals surface area (Å²) in [6, 6.07) is 19.9. The van der Waals surface area contributed by atoms with Gasteiger partial charge in [-0.2, -0.15) is 0 Å². The molecule has 0 spiro atoms. The number of pyridine rings is 1. The van der Waals surface area contributed by atoms with Crippen LogP contribution < -0.4 is 10.6 Å². The molecule has 0 aliphatic carbocycles. The highest BCUT2D eigenvalue weighted by atomic mass is 16.1. The van der Waals surface area contributed by atoms with Crippen molar-refractivity contribution in [1.29, 1.82) is 0 Å². The van der Waals surface area contributed by atoms with Gasteiger partial charge in [0.05, 0.1) is 0 Å². The van der Waals surface area contributed by atoms with Crippen LogP contribution in [0.3, 0.4) is 0 Å². The van der Waals surface area contributed by atoms with Crippen LogP contribution in [0, 0.1) is 5.92 Å². The van der Waals surface area contributed by atoms with Gasteiger partial charge in [-0.1, -0.05) is 31.7 Å². The van der Waals surface area contributed by atoms with Gasteiger partial charge in [0, 0.05) is 48.3 Å². The molecule has 168 valence electrons. The number of benzene rings is 2.